The van der Waals surface area contributed by atoms with Gasteiger partial charge in [-0.05, 0) is 30.5 Å². The average Bonchev–Trinajstić information content (AvgIpc) is 3.50. The first-order chi connectivity index (χ1) is 16.4. The molecule has 4 aromatic rings. The lowest BCUT2D eigenvalue weighted by atomic mass is 10.0. The largest absolute Gasteiger partial charge is 0.481 e. The second-order valence-electron chi connectivity index (χ2n) is 7.48. The number of carbonyl (C=O) groups is 2. The quantitative estimate of drug-likeness (QED) is 0.405. The van der Waals surface area contributed by atoms with E-state index in [9.17, 15) is 14.0 Å². The number of ether oxygens (including phenoxy) is 1. The third kappa shape index (κ3) is 3.91. The maximum absolute atomic E-state index is 14.7. The van der Waals surface area contributed by atoms with Crippen molar-refractivity contribution in [1.29, 1.82) is 0 Å². The Labute approximate surface area is 206 Å². The Bertz CT molecular complexity index is 1420. The Kier molecular flexibility index (Phi) is 5.96. The number of aryl methyl sites for hydroxylation is 1. The molecule has 0 aromatic carbocycles. The van der Waals surface area contributed by atoms with Crippen LogP contribution in [0.25, 0.3) is 4.96 Å². The topological polar surface area (TPSA) is 102 Å². The van der Waals surface area contributed by atoms with Crippen molar-refractivity contribution in [2.45, 2.75) is 19.4 Å². The van der Waals surface area contributed by atoms with Crippen LogP contribution in [0, 0.1) is 12.7 Å². The first-order valence-electron chi connectivity index (χ1n) is 10.3. The number of imidazole rings is 1. The lowest BCUT2D eigenvalue weighted by molar-refractivity contribution is -0.135. The van der Waals surface area contributed by atoms with Crippen molar-refractivity contribution in [2.75, 3.05) is 20.2 Å². The van der Waals surface area contributed by atoms with Gasteiger partial charge in [0.05, 0.1) is 16.3 Å². The number of pyridine rings is 1. The summed E-state index contributed by atoms with van der Waals surface area (Å²) in [5.41, 5.74) is 1.62. The highest BCUT2D eigenvalue weighted by Gasteiger charge is 2.38. The van der Waals surface area contributed by atoms with E-state index in [2.05, 4.69) is 20.4 Å². The van der Waals surface area contributed by atoms with E-state index in [1.54, 1.807) is 14.8 Å². The Morgan fingerprint density at radius 2 is 2.15 bits per heavy atom. The third-order valence-corrected chi connectivity index (χ3v) is 7.45. The van der Waals surface area contributed by atoms with Crippen LogP contribution in [-0.2, 0) is 11.2 Å². The molecule has 176 valence electrons. The normalized spacial score (nSPS) is 15.4. The van der Waals surface area contributed by atoms with Gasteiger partial charge in [0.25, 0.3) is 11.8 Å². The molecule has 0 spiro atoms. The van der Waals surface area contributed by atoms with Crippen LogP contribution in [0.5, 0.6) is 5.75 Å². The van der Waals surface area contributed by atoms with Gasteiger partial charge in [0.15, 0.2) is 17.5 Å². The summed E-state index contributed by atoms with van der Waals surface area (Å²) in [5, 5.41) is 9.44. The summed E-state index contributed by atoms with van der Waals surface area (Å²) >= 11 is 8.83. The van der Waals surface area contributed by atoms with Gasteiger partial charge in [-0.1, -0.05) is 22.9 Å². The number of nitrogens with one attached hydrogen (secondary N) is 1. The number of fused-ring (bicyclic) bond motifs is 3. The van der Waals surface area contributed by atoms with Gasteiger partial charge in [0, 0.05) is 20.0 Å². The van der Waals surface area contributed by atoms with Crippen molar-refractivity contribution in [3.63, 3.8) is 0 Å². The highest BCUT2D eigenvalue weighted by molar-refractivity contribution is 7.16. The highest BCUT2D eigenvalue weighted by atomic mass is 35.5. The zero-order valence-electron chi connectivity index (χ0n) is 18.0. The molecule has 1 aliphatic rings. The van der Waals surface area contributed by atoms with Crippen molar-refractivity contribution in [3.05, 3.63) is 61.5 Å². The lowest BCUT2D eigenvalue weighted by Crippen LogP contribution is -2.43. The molecule has 5 heterocycles. The fourth-order valence-corrected chi connectivity index (χ4v) is 5.76. The van der Waals surface area contributed by atoms with E-state index in [-0.39, 0.29) is 40.8 Å². The Morgan fingerprint density at radius 1 is 1.32 bits per heavy atom. The van der Waals surface area contributed by atoms with Crippen LogP contribution in [0.3, 0.4) is 0 Å². The molecule has 5 rings (SSSR count). The van der Waals surface area contributed by atoms with Crippen LogP contribution in [0.1, 0.15) is 37.8 Å². The maximum atomic E-state index is 14.7. The summed E-state index contributed by atoms with van der Waals surface area (Å²) < 4.78 is 22.1. The van der Waals surface area contributed by atoms with E-state index in [0.717, 1.165) is 10.7 Å². The summed E-state index contributed by atoms with van der Waals surface area (Å²) in [5.74, 6) is -0.961. The minimum Gasteiger partial charge on any atom is -0.481 e. The molecule has 1 N–H and O–H groups in total. The molecular formula is C21H18ClFN6O3S2. The Balaban J connectivity index is 1.44. The van der Waals surface area contributed by atoms with Gasteiger partial charge in [-0.25, -0.2) is 18.9 Å². The summed E-state index contributed by atoms with van der Waals surface area (Å²) in [7, 11) is 1.49. The first-order valence-corrected chi connectivity index (χ1v) is 12.3. The van der Waals surface area contributed by atoms with Crippen molar-refractivity contribution in [2.24, 2.45) is 0 Å². The van der Waals surface area contributed by atoms with Gasteiger partial charge in [0.2, 0.25) is 4.96 Å². The Morgan fingerprint density at radius 3 is 2.85 bits per heavy atom. The minimum absolute atomic E-state index is 0.0360. The molecule has 0 radical (unpaired) electrons. The average molecular weight is 521 g/mol. The molecule has 13 heteroatoms. The molecule has 1 aliphatic heterocycles. The van der Waals surface area contributed by atoms with E-state index in [1.807, 2.05) is 6.92 Å². The molecule has 0 aliphatic carbocycles. The van der Waals surface area contributed by atoms with Crippen molar-refractivity contribution < 1.29 is 18.7 Å². The van der Waals surface area contributed by atoms with Crippen LogP contribution in [0.4, 0.5) is 4.39 Å². The van der Waals surface area contributed by atoms with E-state index >= 15 is 0 Å². The third-order valence-electron chi connectivity index (χ3n) is 5.41. The number of hydrogen-bond acceptors (Lipinski definition) is 8. The number of aromatic nitrogens is 4. The van der Waals surface area contributed by atoms with Gasteiger partial charge in [0.1, 0.15) is 22.6 Å². The van der Waals surface area contributed by atoms with Crippen LogP contribution in [-0.4, -0.2) is 56.5 Å². The summed E-state index contributed by atoms with van der Waals surface area (Å²) in [4.78, 5) is 36.4. The van der Waals surface area contributed by atoms with Crippen molar-refractivity contribution in [3.8, 4) is 5.75 Å². The lowest BCUT2D eigenvalue weighted by Gasteiger charge is -2.34. The second-order valence-corrected chi connectivity index (χ2v) is 9.95. The van der Waals surface area contributed by atoms with E-state index < -0.39 is 6.04 Å². The van der Waals surface area contributed by atoms with Crippen LogP contribution >= 0.6 is 34.3 Å². The molecule has 2 amide bonds. The van der Waals surface area contributed by atoms with E-state index in [4.69, 9.17) is 16.3 Å². The fourth-order valence-electron chi connectivity index (χ4n) is 3.90. The molecule has 34 heavy (non-hydrogen) atoms. The zero-order chi connectivity index (χ0) is 24.0. The monoisotopic (exact) mass is 520 g/mol. The number of hydrogen-bond donors (Lipinski definition) is 1. The van der Waals surface area contributed by atoms with Gasteiger partial charge in [-0.2, -0.15) is 5.10 Å². The van der Waals surface area contributed by atoms with E-state index in [1.165, 1.54) is 47.9 Å². The number of rotatable bonds is 5. The molecule has 4 aromatic heterocycles. The number of thiophene rings is 1. The number of carbonyl (C=O) groups excluding carboxylic acids is 2. The van der Waals surface area contributed by atoms with Crippen LogP contribution in [0.15, 0.2) is 23.6 Å². The standard InChI is InChI=1S/C21H18ClFN6O3S2/c1-10-27-29-16-12(26-21(29)34-10)5-7-28(17(16)18-11(23)6-8-33-18)15(30)9-32-14-4-3-13(20(31)24-2)25-19(14)22/h3-4,6,8,17H,5,7,9H2,1-2H3,(H,24,31). The molecule has 0 bridgehead atoms. The van der Waals surface area contributed by atoms with Gasteiger partial charge < -0.3 is 15.0 Å². The van der Waals surface area contributed by atoms with E-state index in [0.29, 0.717) is 28.5 Å². The zero-order valence-corrected chi connectivity index (χ0v) is 20.4. The van der Waals surface area contributed by atoms with Gasteiger partial charge in [-0.3, -0.25) is 9.59 Å². The predicted octanol–water partition coefficient (Wildman–Crippen LogP) is 3.26. The Hall–Kier alpha value is -3.09. The van der Waals surface area contributed by atoms with Gasteiger partial charge >= 0.3 is 0 Å². The summed E-state index contributed by atoms with van der Waals surface area (Å²) in [6.07, 6.45) is 0.517. The maximum Gasteiger partial charge on any atom is 0.269 e. The first kappa shape index (κ1) is 22.7. The van der Waals surface area contributed by atoms with Crippen LogP contribution < -0.4 is 10.1 Å². The number of nitrogens with zero attached hydrogens (tertiary/aromatic N) is 5. The molecule has 0 saturated heterocycles. The predicted molar refractivity (Wildman–Crippen MR) is 125 cm³/mol. The van der Waals surface area contributed by atoms with Crippen molar-refractivity contribution in [1.82, 2.24) is 29.8 Å². The highest BCUT2D eigenvalue weighted by Crippen LogP contribution is 2.39. The van der Waals surface area contributed by atoms with Crippen LogP contribution in [0.2, 0.25) is 5.15 Å². The number of amides is 2. The molecule has 0 fully saturated rings. The molecule has 0 saturated carbocycles. The smallest absolute Gasteiger partial charge is 0.269 e. The molecule has 9 nitrogen and oxygen atoms in total. The molecule has 1 atom stereocenters. The molecular weight excluding hydrogens is 503 g/mol. The van der Waals surface area contributed by atoms with Crippen molar-refractivity contribution >= 4 is 51.0 Å². The molecule has 1 unspecified atom stereocenters. The SMILES string of the molecule is CNC(=O)c1ccc(OCC(=O)N2CCc3nc4sc(C)nn4c3C2c2sccc2F)c(Cl)n1. The summed E-state index contributed by atoms with van der Waals surface area (Å²) in [6.45, 7) is 1.89. The summed E-state index contributed by atoms with van der Waals surface area (Å²) in [6, 6.07) is 3.64. The second kappa shape index (κ2) is 8.93. The fraction of sp³-hybridized carbons (Fsp3) is 0.286. The van der Waals surface area contributed by atoms with Gasteiger partial charge in [-0.15, -0.1) is 11.3 Å². The minimum atomic E-state index is -0.680. The number of halogens is 2.